The summed E-state index contributed by atoms with van der Waals surface area (Å²) in [6, 6.07) is 0. The number of aliphatic hydroxyl groups excluding tert-OH is 1. The number of nitrogens with zero attached hydrogens (tertiary/aromatic N) is 1. The highest BCUT2D eigenvalue weighted by atomic mass is 16.3. The van der Waals surface area contributed by atoms with Crippen molar-refractivity contribution in [1.29, 1.82) is 0 Å². The summed E-state index contributed by atoms with van der Waals surface area (Å²) in [7, 11) is 0. The lowest BCUT2D eigenvalue weighted by atomic mass is 10.2. The third-order valence-electron chi connectivity index (χ3n) is 3.93. The van der Waals surface area contributed by atoms with Gasteiger partial charge in [0.05, 0.1) is 12.3 Å². The Morgan fingerprint density at radius 1 is 0.880 bits per heavy atom. The van der Waals surface area contributed by atoms with Gasteiger partial charge in [-0.2, -0.15) is 0 Å². The van der Waals surface area contributed by atoms with Gasteiger partial charge in [0.2, 0.25) is 0 Å². The van der Waals surface area contributed by atoms with Gasteiger partial charge in [0.15, 0.2) is 5.96 Å². The molecule has 0 fully saturated rings. The minimum Gasteiger partial charge on any atom is -0.390 e. The highest BCUT2D eigenvalue weighted by Crippen LogP contribution is 2.00. The van der Waals surface area contributed by atoms with E-state index in [1.54, 1.807) is 0 Å². The second kappa shape index (κ2) is 17.9. The van der Waals surface area contributed by atoms with Crippen LogP contribution in [0.4, 0.5) is 0 Å². The van der Waals surface area contributed by atoms with Crippen molar-refractivity contribution in [2.75, 3.05) is 39.3 Å². The zero-order valence-electron chi connectivity index (χ0n) is 16.0. The van der Waals surface area contributed by atoms with Gasteiger partial charge in [0.25, 0.3) is 0 Å². The van der Waals surface area contributed by atoms with E-state index in [9.17, 15) is 5.11 Å². The number of hydrogen-bond donors (Lipinski definition) is 7. The summed E-state index contributed by atoms with van der Waals surface area (Å²) in [6.07, 6.45) is 7.12. The van der Waals surface area contributed by atoms with Crippen LogP contribution in [0.25, 0.3) is 0 Å². The number of hydrogen-bond acceptors (Lipinski definition) is 6. The molecule has 0 saturated heterocycles. The molecule has 0 bridgehead atoms. The summed E-state index contributed by atoms with van der Waals surface area (Å²) in [4.78, 5) is 3.97. The van der Waals surface area contributed by atoms with Crippen LogP contribution in [0, 0.1) is 0 Å². The summed E-state index contributed by atoms with van der Waals surface area (Å²) < 4.78 is 0. The van der Waals surface area contributed by atoms with Crippen molar-refractivity contribution < 1.29 is 5.11 Å². The highest BCUT2D eigenvalue weighted by Gasteiger charge is 2.12. The minimum absolute atomic E-state index is 0.0492. The molecular formula is C17H41N7O. The maximum absolute atomic E-state index is 9.85. The van der Waals surface area contributed by atoms with Crippen LogP contribution in [-0.4, -0.2) is 62.6 Å². The number of aliphatic imine (C=N–C) groups is 1. The second-order valence-electron chi connectivity index (χ2n) is 6.45. The predicted molar refractivity (Wildman–Crippen MR) is 106 cm³/mol. The van der Waals surface area contributed by atoms with Crippen LogP contribution < -0.4 is 33.2 Å². The van der Waals surface area contributed by atoms with Crippen molar-refractivity contribution in [2.45, 2.75) is 64.1 Å². The SMILES string of the molecule is CC(O)C(NCCCCCCN=C(N)N)NCCCCNCCCN. The average Bonchev–Trinajstić information content (AvgIpc) is 2.57. The number of nitrogens with one attached hydrogen (secondary N) is 3. The quantitative estimate of drug-likeness (QED) is 0.0750. The second-order valence-corrected chi connectivity index (χ2v) is 6.45. The lowest BCUT2D eigenvalue weighted by molar-refractivity contribution is 0.127. The zero-order chi connectivity index (χ0) is 18.8. The first-order valence-corrected chi connectivity index (χ1v) is 9.69. The van der Waals surface area contributed by atoms with Gasteiger partial charge in [-0.25, -0.2) is 0 Å². The molecule has 0 amide bonds. The molecule has 0 aromatic carbocycles. The molecule has 0 radical (unpaired) electrons. The molecule has 0 aliphatic carbocycles. The highest BCUT2D eigenvalue weighted by molar-refractivity contribution is 5.75. The van der Waals surface area contributed by atoms with Crippen molar-refractivity contribution in [3.05, 3.63) is 0 Å². The van der Waals surface area contributed by atoms with Crippen molar-refractivity contribution in [2.24, 2.45) is 22.2 Å². The van der Waals surface area contributed by atoms with E-state index in [4.69, 9.17) is 17.2 Å². The Hall–Kier alpha value is -0.930. The summed E-state index contributed by atoms with van der Waals surface area (Å²) in [6.45, 7) is 7.07. The fraction of sp³-hybridized carbons (Fsp3) is 0.941. The van der Waals surface area contributed by atoms with E-state index in [-0.39, 0.29) is 12.1 Å². The molecule has 2 atom stereocenters. The van der Waals surface area contributed by atoms with Crippen molar-refractivity contribution in [3.8, 4) is 0 Å². The van der Waals surface area contributed by atoms with Crippen molar-refractivity contribution in [1.82, 2.24) is 16.0 Å². The molecule has 0 aliphatic rings. The largest absolute Gasteiger partial charge is 0.390 e. The van der Waals surface area contributed by atoms with Gasteiger partial charge in [-0.3, -0.25) is 15.6 Å². The standard InChI is InChI=1S/C17H41N7O/c1-15(25)16(23-13-7-6-10-21-11-8-9-18)22-12-4-2-3-5-14-24-17(19)20/h15-16,21-23,25H,2-14,18H2,1H3,(H4,19,20,24). The Morgan fingerprint density at radius 2 is 1.44 bits per heavy atom. The number of aliphatic hydroxyl groups is 1. The van der Waals surface area contributed by atoms with Crippen LogP contribution in [0.1, 0.15) is 51.9 Å². The van der Waals surface area contributed by atoms with E-state index in [0.29, 0.717) is 6.54 Å². The van der Waals surface area contributed by atoms with E-state index >= 15 is 0 Å². The van der Waals surface area contributed by atoms with Gasteiger partial charge in [-0.15, -0.1) is 0 Å². The minimum atomic E-state index is -0.412. The van der Waals surface area contributed by atoms with Crippen LogP contribution in [-0.2, 0) is 0 Å². The van der Waals surface area contributed by atoms with Crippen molar-refractivity contribution in [3.63, 3.8) is 0 Å². The predicted octanol–water partition coefficient (Wildman–Crippen LogP) is -0.575. The van der Waals surface area contributed by atoms with Gasteiger partial charge < -0.3 is 27.6 Å². The molecule has 8 nitrogen and oxygen atoms in total. The summed E-state index contributed by atoms with van der Waals surface area (Å²) in [5.74, 6) is 0.166. The Balaban J connectivity index is 3.53. The smallest absolute Gasteiger partial charge is 0.185 e. The molecule has 0 aromatic heterocycles. The summed E-state index contributed by atoms with van der Waals surface area (Å²) in [5, 5.41) is 20.0. The van der Waals surface area contributed by atoms with E-state index in [0.717, 1.165) is 77.7 Å². The number of unbranched alkanes of at least 4 members (excludes halogenated alkanes) is 4. The van der Waals surface area contributed by atoms with E-state index in [1.807, 2.05) is 6.92 Å². The van der Waals surface area contributed by atoms with Crippen LogP contribution in [0.2, 0.25) is 0 Å². The third kappa shape index (κ3) is 17.7. The molecule has 0 aromatic rings. The van der Waals surface area contributed by atoms with Crippen LogP contribution in [0.3, 0.4) is 0 Å². The Labute approximate surface area is 153 Å². The van der Waals surface area contributed by atoms with Crippen LogP contribution in [0.5, 0.6) is 0 Å². The first-order valence-electron chi connectivity index (χ1n) is 9.69. The van der Waals surface area contributed by atoms with Gasteiger partial charge >= 0.3 is 0 Å². The Kier molecular flexibility index (Phi) is 17.2. The Bertz CT molecular complexity index is 309. The van der Waals surface area contributed by atoms with Crippen molar-refractivity contribution >= 4 is 5.96 Å². The summed E-state index contributed by atoms with van der Waals surface area (Å²) >= 11 is 0. The molecule has 0 spiro atoms. The first kappa shape index (κ1) is 24.1. The number of guanidine groups is 1. The molecule has 10 N–H and O–H groups in total. The zero-order valence-corrected chi connectivity index (χ0v) is 16.0. The monoisotopic (exact) mass is 359 g/mol. The number of rotatable bonds is 18. The summed E-state index contributed by atoms with van der Waals surface area (Å²) in [5.41, 5.74) is 16.0. The molecular weight excluding hydrogens is 318 g/mol. The fourth-order valence-corrected chi connectivity index (χ4v) is 2.45. The van der Waals surface area contributed by atoms with Crippen LogP contribution in [0.15, 0.2) is 4.99 Å². The lowest BCUT2D eigenvalue weighted by Crippen LogP contribution is -2.50. The molecule has 0 rings (SSSR count). The molecule has 0 heterocycles. The fourth-order valence-electron chi connectivity index (χ4n) is 2.45. The van der Waals surface area contributed by atoms with E-state index < -0.39 is 6.10 Å². The maximum Gasteiger partial charge on any atom is 0.185 e. The van der Waals surface area contributed by atoms with Crippen LogP contribution >= 0.6 is 0 Å². The van der Waals surface area contributed by atoms with Gasteiger partial charge in [0.1, 0.15) is 0 Å². The van der Waals surface area contributed by atoms with Gasteiger partial charge in [-0.05, 0) is 71.8 Å². The topological polar surface area (TPSA) is 147 Å². The molecule has 0 saturated carbocycles. The third-order valence-corrected chi connectivity index (χ3v) is 3.93. The number of nitrogens with two attached hydrogens (primary N) is 3. The lowest BCUT2D eigenvalue weighted by Gasteiger charge is -2.23. The molecule has 2 unspecified atom stereocenters. The van der Waals surface area contributed by atoms with Gasteiger partial charge in [-0.1, -0.05) is 12.8 Å². The normalized spacial score (nSPS) is 13.6. The average molecular weight is 360 g/mol. The maximum atomic E-state index is 9.85. The molecule has 8 heteroatoms. The van der Waals surface area contributed by atoms with E-state index in [2.05, 4.69) is 20.9 Å². The molecule has 25 heavy (non-hydrogen) atoms. The van der Waals surface area contributed by atoms with Gasteiger partial charge in [0, 0.05) is 6.54 Å². The molecule has 0 aliphatic heterocycles. The van der Waals surface area contributed by atoms with E-state index in [1.165, 1.54) is 0 Å². The molecule has 150 valence electrons. The first-order chi connectivity index (χ1) is 12.1. The Morgan fingerprint density at radius 3 is 2.04 bits per heavy atom.